The number of halogens is 1. The van der Waals surface area contributed by atoms with Crippen LogP contribution in [0.25, 0.3) is 22.2 Å². The number of fused-ring (bicyclic) bond motifs is 1. The topological polar surface area (TPSA) is 114 Å². The maximum Gasteiger partial charge on any atom is 0.231 e. The molecule has 1 saturated carbocycles. The lowest BCUT2D eigenvalue weighted by molar-refractivity contribution is 0.120. The first-order valence-electron chi connectivity index (χ1n) is 11.2. The first-order chi connectivity index (χ1) is 17.3. The molecule has 3 aromatic carbocycles. The Hall–Kier alpha value is -3.87. The zero-order chi connectivity index (χ0) is 25.3. The van der Waals surface area contributed by atoms with Crippen LogP contribution in [0.5, 0.6) is 17.2 Å². The Morgan fingerprint density at radius 3 is 2.44 bits per heavy atom. The van der Waals surface area contributed by atoms with Gasteiger partial charge in [0.05, 0.1) is 40.2 Å². The molecule has 10 heteroatoms. The molecule has 1 heterocycles. The number of sulfonamides is 1. The quantitative estimate of drug-likeness (QED) is 0.322. The van der Waals surface area contributed by atoms with E-state index in [2.05, 4.69) is 20.8 Å². The van der Waals surface area contributed by atoms with Crippen molar-refractivity contribution in [2.75, 3.05) is 11.0 Å². The van der Waals surface area contributed by atoms with Gasteiger partial charge in [-0.05, 0) is 54.7 Å². The number of hydrogen-bond donors (Lipinski definition) is 1. The van der Waals surface area contributed by atoms with E-state index in [0.29, 0.717) is 38.9 Å². The van der Waals surface area contributed by atoms with Gasteiger partial charge >= 0.3 is 0 Å². The van der Waals surface area contributed by atoms with Gasteiger partial charge in [0.15, 0.2) is 11.6 Å². The number of nitrogens with zero attached hydrogens (tertiary/aromatic N) is 3. The largest absolute Gasteiger partial charge is 0.487 e. The summed E-state index contributed by atoms with van der Waals surface area (Å²) in [5.41, 5.74) is 3.40. The van der Waals surface area contributed by atoms with E-state index in [1.54, 1.807) is 18.2 Å². The molecule has 182 valence electrons. The van der Waals surface area contributed by atoms with E-state index in [1.807, 2.05) is 36.4 Å². The van der Waals surface area contributed by atoms with Crippen molar-refractivity contribution in [3.8, 4) is 34.4 Å². The summed E-state index contributed by atoms with van der Waals surface area (Å²) in [4.78, 5) is 8.61. The number of benzene rings is 3. The smallest absolute Gasteiger partial charge is 0.231 e. The Morgan fingerprint density at radius 2 is 1.78 bits per heavy atom. The maximum atomic E-state index is 11.4. The van der Waals surface area contributed by atoms with E-state index >= 15 is 0 Å². The summed E-state index contributed by atoms with van der Waals surface area (Å²) in [5, 5.41) is 9.90. The highest BCUT2D eigenvalue weighted by Crippen LogP contribution is 2.38. The molecular weight excluding hydrogens is 500 g/mol. The normalized spacial score (nSPS) is 13.6. The molecular formula is C26H21ClN4O4S. The summed E-state index contributed by atoms with van der Waals surface area (Å²) in [6, 6.07) is 18.4. The van der Waals surface area contributed by atoms with Crippen molar-refractivity contribution in [1.82, 2.24) is 9.97 Å². The second kappa shape index (κ2) is 9.64. The van der Waals surface area contributed by atoms with Gasteiger partial charge in [-0.1, -0.05) is 29.8 Å². The van der Waals surface area contributed by atoms with Gasteiger partial charge in [0.1, 0.15) is 17.6 Å². The average Bonchev–Trinajstić information content (AvgIpc) is 2.81. The second-order valence-electron chi connectivity index (χ2n) is 8.52. The molecule has 5 rings (SSSR count). The predicted molar refractivity (Wildman–Crippen MR) is 138 cm³/mol. The lowest BCUT2D eigenvalue weighted by Crippen LogP contribution is -2.25. The SMILES string of the molecule is CS(=O)(=O)Nc1cnc2cc(-c3ccc(Oc4cc(Cl)c(OC5CCC5)c(C#N)c4)cc3)ccc2n1. The summed E-state index contributed by atoms with van der Waals surface area (Å²) < 4.78 is 37.0. The lowest BCUT2D eigenvalue weighted by atomic mass is 9.96. The standard InChI is InChI=1S/C26H21ClN4O4S/c1-36(32,33)31-25-15-29-24-12-17(7-10-23(24)30-25)16-5-8-20(9-6-16)34-21-11-18(14-28)26(22(27)13-21)35-19-3-2-4-19/h5-13,15,19H,2-4H2,1H3,(H,30,31). The summed E-state index contributed by atoms with van der Waals surface area (Å²) in [6.45, 7) is 0. The number of anilines is 1. The molecule has 0 spiro atoms. The molecule has 0 atom stereocenters. The molecule has 1 fully saturated rings. The van der Waals surface area contributed by atoms with Gasteiger partial charge in [0.25, 0.3) is 0 Å². The van der Waals surface area contributed by atoms with Crippen LogP contribution in [-0.4, -0.2) is 30.7 Å². The van der Waals surface area contributed by atoms with Crippen molar-refractivity contribution in [2.24, 2.45) is 0 Å². The molecule has 0 radical (unpaired) electrons. The fourth-order valence-electron chi connectivity index (χ4n) is 3.77. The average molecular weight is 521 g/mol. The van der Waals surface area contributed by atoms with Gasteiger partial charge in [-0.3, -0.25) is 9.71 Å². The van der Waals surface area contributed by atoms with E-state index in [0.717, 1.165) is 36.6 Å². The fraction of sp³-hybridized carbons (Fsp3) is 0.192. The van der Waals surface area contributed by atoms with Crippen LogP contribution in [0.4, 0.5) is 5.82 Å². The van der Waals surface area contributed by atoms with Gasteiger partial charge in [0.2, 0.25) is 10.0 Å². The van der Waals surface area contributed by atoms with Crippen LogP contribution in [0, 0.1) is 11.3 Å². The van der Waals surface area contributed by atoms with Gasteiger partial charge in [-0.2, -0.15) is 5.26 Å². The Labute approximate surface area is 213 Å². The molecule has 0 saturated heterocycles. The minimum atomic E-state index is -3.43. The number of ether oxygens (including phenoxy) is 2. The Bertz CT molecular complexity index is 1600. The fourth-order valence-corrected chi connectivity index (χ4v) is 4.50. The third-order valence-electron chi connectivity index (χ3n) is 5.73. The highest BCUT2D eigenvalue weighted by atomic mass is 35.5. The van der Waals surface area contributed by atoms with E-state index in [9.17, 15) is 13.7 Å². The van der Waals surface area contributed by atoms with Crippen LogP contribution >= 0.6 is 11.6 Å². The molecule has 1 aliphatic carbocycles. The van der Waals surface area contributed by atoms with E-state index in [4.69, 9.17) is 21.1 Å². The molecule has 1 aliphatic rings. The van der Waals surface area contributed by atoms with Crippen LogP contribution in [-0.2, 0) is 10.0 Å². The summed E-state index contributed by atoms with van der Waals surface area (Å²) >= 11 is 6.40. The zero-order valence-corrected chi connectivity index (χ0v) is 20.8. The van der Waals surface area contributed by atoms with Crippen molar-refractivity contribution in [3.63, 3.8) is 0 Å². The lowest BCUT2D eigenvalue weighted by Gasteiger charge is -2.27. The van der Waals surface area contributed by atoms with Gasteiger partial charge in [-0.15, -0.1) is 0 Å². The third kappa shape index (κ3) is 5.35. The van der Waals surface area contributed by atoms with E-state index in [-0.39, 0.29) is 11.9 Å². The summed E-state index contributed by atoms with van der Waals surface area (Å²) in [6.07, 6.45) is 5.62. The first kappa shape index (κ1) is 23.9. The van der Waals surface area contributed by atoms with Crippen LogP contribution < -0.4 is 14.2 Å². The number of hydrogen-bond acceptors (Lipinski definition) is 7. The second-order valence-corrected chi connectivity index (χ2v) is 10.7. The Balaban J connectivity index is 1.33. The first-order valence-corrected chi connectivity index (χ1v) is 13.5. The van der Waals surface area contributed by atoms with Crippen molar-refractivity contribution in [1.29, 1.82) is 5.26 Å². The minimum absolute atomic E-state index is 0.112. The van der Waals surface area contributed by atoms with E-state index in [1.165, 1.54) is 6.20 Å². The van der Waals surface area contributed by atoms with E-state index < -0.39 is 10.0 Å². The van der Waals surface area contributed by atoms with Crippen molar-refractivity contribution in [3.05, 3.63) is 71.4 Å². The molecule has 0 amide bonds. The molecule has 0 bridgehead atoms. The zero-order valence-electron chi connectivity index (χ0n) is 19.2. The van der Waals surface area contributed by atoms with Gasteiger partial charge < -0.3 is 9.47 Å². The Morgan fingerprint density at radius 1 is 1.03 bits per heavy atom. The molecule has 0 aliphatic heterocycles. The highest BCUT2D eigenvalue weighted by molar-refractivity contribution is 7.92. The monoisotopic (exact) mass is 520 g/mol. The minimum Gasteiger partial charge on any atom is -0.487 e. The van der Waals surface area contributed by atoms with Gasteiger partial charge in [-0.25, -0.2) is 13.4 Å². The molecule has 1 N–H and O–H groups in total. The van der Waals surface area contributed by atoms with Crippen LogP contribution in [0.2, 0.25) is 5.02 Å². The summed E-state index contributed by atoms with van der Waals surface area (Å²) in [7, 11) is -3.43. The third-order valence-corrected chi connectivity index (χ3v) is 6.59. The number of nitrogens with one attached hydrogen (secondary N) is 1. The molecule has 4 aromatic rings. The van der Waals surface area contributed by atoms with Crippen LogP contribution in [0.1, 0.15) is 24.8 Å². The summed E-state index contributed by atoms with van der Waals surface area (Å²) in [5.74, 6) is 1.61. The molecule has 8 nitrogen and oxygen atoms in total. The van der Waals surface area contributed by atoms with Crippen molar-refractivity contribution in [2.45, 2.75) is 25.4 Å². The van der Waals surface area contributed by atoms with Crippen LogP contribution in [0.3, 0.4) is 0 Å². The van der Waals surface area contributed by atoms with Crippen molar-refractivity contribution >= 4 is 38.5 Å². The molecule has 0 unspecified atom stereocenters. The highest BCUT2D eigenvalue weighted by Gasteiger charge is 2.22. The molecule has 1 aromatic heterocycles. The number of nitriles is 1. The Kier molecular flexibility index (Phi) is 6.39. The molecule has 36 heavy (non-hydrogen) atoms. The number of aromatic nitrogens is 2. The van der Waals surface area contributed by atoms with Gasteiger partial charge in [0, 0.05) is 12.1 Å². The maximum absolute atomic E-state index is 11.4. The number of rotatable bonds is 7. The predicted octanol–water partition coefficient (Wildman–Crippen LogP) is 5.92. The van der Waals surface area contributed by atoms with Crippen LogP contribution in [0.15, 0.2) is 60.8 Å². The van der Waals surface area contributed by atoms with Crippen molar-refractivity contribution < 1.29 is 17.9 Å².